The number of hydrogen-bond acceptors (Lipinski definition) is 5. The van der Waals surface area contributed by atoms with Crippen molar-refractivity contribution in [3.8, 4) is 17.4 Å². The van der Waals surface area contributed by atoms with Gasteiger partial charge in [-0.3, -0.25) is 4.79 Å². The van der Waals surface area contributed by atoms with E-state index in [2.05, 4.69) is 10.3 Å². The summed E-state index contributed by atoms with van der Waals surface area (Å²) >= 11 is 0. The third-order valence-electron chi connectivity index (χ3n) is 4.02. The number of rotatable bonds is 7. The highest BCUT2D eigenvalue weighted by Gasteiger charge is 2.32. The second kappa shape index (κ2) is 7.64. The molecular formula is C20H24N2O4. The summed E-state index contributed by atoms with van der Waals surface area (Å²) in [5.74, 6) is 1.65. The number of amides is 1. The fourth-order valence-electron chi connectivity index (χ4n) is 2.91. The van der Waals surface area contributed by atoms with Crippen LogP contribution in [0.25, 0.3) is 0 Å². The van der Waals surface area contributed by atoms with Crippen LogP contribution in [0.1, 0.15) is 31.9 Å². The molecule has 0 radical (unpaired) electrons. The molecule has 0 unspecified atom stereocenters. The fraction of sp³-hybridized carbons (Fsp3) is 0.400. The van der Waals surface area contributed by atoms with Crippen LogP contribution in [0.15, 0.2) is 36.5 Å². The quantitative estimate of drug-likeness (QED) is 0.826. The van der Waals surface area contributed by atoms with Gasteiger partial charge in [0, 0.05) is 30.3 Å². The number of benzene rings is 1. The summed E-state index contributed by atoms with van der Waals surface area (Å²) in [4.78, 5) is 16.3. The van der Waals surface area contributed by atoms with Crippen LogP contribution in [0.4, 0.5) is 0 Å². The van der Waals surface area contributed by atoms with Crippen LogP contribution in [-0.4, -0.2) is 29.7 Å². The number of ether oxygens (including phenoxy) is 3. The molecule has 1 aromatic heterocycles. The molecule has 2 aromatic rings. The first kappa shape index (κ1) is 18.0. The van der Waals surface area contributed by atoms with Gasteiger partial charge in [0.25, 0.3) is 5.91 Å². The predicted molar refractivity (Wildman–Crippen MR) is 97.6 cm³/mol. The van der Waals surface area contributed by atoms with Crippen LogP contribution in [-0.2, 0) is 17.8 Å². The zero-order valence-corrected chi connectivity index (χ0v) is 15.4. The molecule has 0 saturated heterocycles. The lowest BCUT2D eigenvalue weighted by Crippen LogP contribution is -2.29. The van der Waals surface area contributed by atoms with E-state index in [0.717, 1.165) is 23.3 Å². The van der Waals surface area contributed by atoms with Gasteiger partial charge in [0.1, 0.15) is 5.60 Å². The largest absolute Gasteiger partial charge is 0.483 e. The number of nitrogens with zero attached hydrogens (tertiary/aromatic N) is 1. The SMILES string of the molecule is CCOc1ncccc1CNC(=O)COc1cccc2c1OC(C)(C)C2. The lowest BCUT2D eigenvalue weighted by Gasteiger charge is -2.18. The normalized spacial score (nSPS) is 14.3. The second-order valence-corrected chi connectivity index (χ2v) is 6.75. The molecule has 138 valence electrons. The molecule has 0 spiro atoms. The summed E-state index contributed by atoms with van der Waals surface area (Å²) in [5.41, 5.74) is 1.68. The van der Waals surface area contributed by atoms with Gasteiger partial charge in [-0.1, -0.05) is 18.2 Å². The minimum absolute atomic E-state index is 0.0789. The molecule has 1 amide bonds. The van der Waals surface area contributed by atoms with Crippen LogP contribution >= 0.6 is 0 Å². The van der Waals surface area contributed by atoms with Crippen molar-refractivity contribution in [2.45, 2.75) is 39.3 Å². The van der Waals surface area contributed by atoms with E-state index in [1.54, 1.807) is 6.20 Å². The van der Waals surface area contributed by atoms with Gasteiger partial charge < -0.3 is 19.5 Å². The van der Waals surface area contributed by atoms with Gasteiger partial charge in [-0.2, -0.15) is 0 Å². The topological polar surface area (TPSA) is 69.7 Å². The monoisotopic (exact) mass is 356 g/mol. The Morgan fingerprint density at radius 2 is 2.12 bits per heavy atom. The Balaban J connectivity index is 1.56. The van der Waals surface area contributed by atoms with Crippen molar-refractivity contribution in [1.29, 1.82) is 0 Å². The molecule has 2 heterocycles. The average molecular weight is 356 g/mol. The molecule has 6 nitrogen and oxygen atoms in total. The van der Waals surface area contributed by atoms with Gasteiger partial charge in [-0.25, -0.2) is 4.98 Å². The van der Waals surface area contributed by atoms with Crippen molar-refractivity contribution in [3.63, 3.8) is 0 Å². The van der Waals surface area contributed by atoms with Crippen molar-refractivity contribution in [1.82, 2.24) is 10.3 Å². The smallest absolute Gasteiger partial charge is 0.258 e. The highest BCUT2D eigenvalue weighted by Crippen LogP contribution is 2.41. The summed E-state index contributed by atoms with van der Waals surface area (Å²) in [5, 5.41) is 2.83. The fourth-order valence-corrected chi connectivity index (χ4v) is 2.91. The van der Waals surface area contributed by atoms with Crippen molar-refractivity contribution >= 4 is 5.91 Å². The van der Waals surface area contributed by atoms with E-state index >= 15 is 0 Å². The van der Waals surface area contributed by atoms with Gasteiger partial charge in [0.2, 0.25) is 5.88 Å². The third kappa shape index (κ3) is 4.25. The Bertz CT molecular complexity index is 789. The Labute approximate surface area is 153 Å². The summed E-state index contributed by atoms with van der Waals surface area (Å²) in [6, 6.07) is 9.45. The Kier molecular flexibility index (Phi) is 5.30. The first-order valence-corrected chi connectivity index (χ1v) is 8.75. The second-order valence-electron chi connectivity index (χ2n) is 6.75. The molecule has 0 fully saturated rings. The third-order valence-corrected chi connectivity index (χ3v) is 4.02. The standard InChI is InChI=1S/C20H24N2O4/c1-4-24-19-15(8-6-10-21-19)12-22-17(23)13-25-16-9-5-7-14-11-20(2,3)26-18(14)16/h5-10H,4,11-13H2,1-3H3,(H,22,23). The highest BCUT2D eigenvalue weighted by molar-refractivity contribution is 5.77. The van der Waals surface area contributed by atoms with Crippen LogP contribution in [0, 0.1) is 0 Å². The van der Waals surface area contributed by atoms with E-state index in [1.165, 1.54) is 0 Å². The molecule has 3 rings (SSSR count). The molecule has 0 aliphatic carbocycles. The molecule has 6 heteroatoms. The summed E-state index contributed by atoms with van der Waals surface area (Å²) in [7, 11) is 0. The molecule has 26 heavy (non-hydrogen) atoms. The molecule has 0 saturated carbocycles. The van der Waals surface area contributed by atoms with Crippen LogP contribution < -0.4 is 19.5 Å². The van der Waals surface area contributed by atoms with Gasteiger partial charge in [-0.05, 0) is 32.9 Å². The van der Waals surface area contributed by atoms with Crippen LogP contribution in [0.2, 0.25) is 0 Å². The Hall–Kier alpha value is -2.76. The average Bonchev–Trinajstić information content (AvgIpc) is 2.93. The van der Waals surface area contributed by atoms with Crippen molar-refractivity contribution in [2.75, 3.05) is 13.2 Å². The molecule has 0 atom stereocenters. The zero-order chi connectivity index (χ0) is 18.6. The van der Waals surface area contributed by atoms with E-state index in [4.69, 9.17) is 14.2 Å². The lowest BCUT2D eigenvalue weighted by atomic mass is 10.0. The van der Waals surface area contributed by atoms with E-state index in [-0.39, 0.29) is 18.1 Å². The van der Waals surface area contributed by atoms with E-state index in [0.29, 0.717) is 24.8 Å². The maximum Gasteiger partial charge on any atom is 0.258 e. The maximum absolute atomic E-state index is 12.1. The molecule has 1 aliphatic rings. The Morgan fingerprint density at radius 1 is 1.27 bits per heavy atom. The number of pyridine rings is 1. The molecule has 0 bridgehead atoms. The maximum atomic E-state index is 12.1. The zero-order valence-electron chi connectivity index (χ0n) is 15.4. The van der Waals surface area contributed by atoms with Crippen molar-refractivity contribution in [3.05, 3.63) is 47.7 Å². The first-order chi connectivity index (χ1) is 12.5. The number of carbonyl (C=O) groups excluding carboxylic acids is 1. The van der Waals surface area contributed by atoms with Crippen LogP contribution in [0.5, 0.6) is 17.4 Å². The number of aromatic nitrogens is 1. The number of fused-ring (bicyclic) bond motifs is 1. The van der Waals surface area contributed by atoms with Crippen molar-refractivity contribution in [2.24, 2.45) is 0 Å². The van der Waals surface area contributed by atoms with E-state index < -0.39 is 0 Å². The van der Waals surface area contributed by atoms with Crippen LogP contribution in [0.3, 0.4) is 0 Å². The molecule has 1 aliphatic heterocycles. The van der Waals surface area contributed by atoms with E-state index in [1.807, 2.05) is 51.1 Å². The van der Waals surface area contributed by atoms with Crippen molar-refractivity contribution < 1.29 is 19.0 Å². The van der Waals surface area contributed by atoms with E-state index in [9.17, 15) is 4.79 Å². The summed E-state index contributed by atoms with van der Waals surface area (Å²) < 4.78 is 17.1. The summed E-state index contributed by atoms with van der Waals surface area (Å²) in [6.07, 6.45) is 2.49. The minimum atomic E-state index is -0.250. The molecular weight excluding hydrogens is 332 g/mol. The first-order valence-electron chi connectivity index (χ1n) is 8.75. The predicted octanol–water partition coefficient (Wildman–Crippen LogP) is 2.89. The number of para-hydroxylation sites is 1. The number of nitrogens with one attached hydrogen (secondary N) is 1. The number of carbonyl (C=O) groups is 1. The van der Waals surface area contributed by atoms with Gasteiger partial charge in [-0.15, -0.1) is 0 Å². The minimum Gasteiger partial charge on any atom is -0.483 e. The van der Waals surface area contributed by atoms with Gasteiger partial charge in [0.05, 0.1) is 6.61 Å². The molecule has 1 aromatic carbocycles. The Morgan fingerprint density at radius 3 is 2.92 bits per heavy atom. The van der Waals surface area contributed by atoms with Gasteiger partial charge in [0.15, 0.2) is 18.1 Å². The molecule has 1 N–H and O–H groups in total. The van der Waals surface area contributed by atoms with Gasteiger partial charge >= 0.3 is 0 Å². The summed E-state index contributed by atoms with van der Waals surface area (Å²) in [6.45, 7) is 6.75. The lowest BCUT2D eigenvalue weighted by molar-refractivity contribution is -0.123. The number of hydrogen-bond donors (Lipinski definition) is 1. The highest BCUT2D eigenvalue weighted by atomic mass is 16.5.